The Bertz CT molecular complexity index is 380. The number of aromatic nitrogens is 4. The van der Waals surface area contributed by atoms with E-state index in [4.69, 9.17) is 0 Å². The van der Waals surface area contributed by atoms with Crippen LogP contribution in [0.3, 0.4) is 0 Å². The maximum Gasteiger partial charge on any atom is 0.254 e. The average Bonchev–Trinajstić information content (AvgIpc) is 2.53. The third-order valence-corrected chi connectivity index (χ3v) is 1.54. The van der Waals surface area contributed by atoms with E-state index in [9.17, 15) is 0 Å². The summed E-state index contributed by atoms with van der Waals surface area (Å²) in [5.74, 6) is 1.54. The Morgan fingerprint density at radius 3 is 3.25 bits per heavy atom. The first-order chi connectivity index (χ1) is 5.92. The highest BCUT2D eigenvalue weighted by Crippen LogP contribution is 2.04. The predicted molar refractivity (Wildman–Crippen MR) is 44.9 cm³/mol. The standard InChI is InChI=1S/C7H9N5/c1-2-8-6-3-4-9-7-10-5-11-12(6)7/h3-5,8H,2H2,1H3. The largest absolute Gasteiger partial charge is 0.370 e. The molecule has 12 heavy (non-hydrogen) atoms. The lowest BCUT2D eigenvalue weighted by Gasteiger charge is -2.02. The molecule has 2 aromatic heterocycles. The zero-order chi connectivity index (χ0) is 8.39. The zero-order valence-electron chi connectivity index (χ0n) is 6.73. The summed E-state index contributed by atoms with van der Waals surface area (Å²) < 4.78 is 1.67. The lowest BCUT2D eigenvalue weighted by molar-refractivity contribution is 0.931. The number of hydrogen-bond donors (Lipinski definition) is 1. The van der Waals surface area contributed by atoms with Crippen LogP contribution >= 0.6 is 0 Å². The van der Waals surface area contributed by atoms with Gasteiger partial charge in [-0.05, 0) is 13.0 Å². The Kier molecular flexibility index (Phi) is 1.62. The Labute approximate surface area is 69.5 Å². The van der Waals surface area contributed by atoms with Gasteiger partial charge in [-0.3, -0.25) is 0 Å². The first-order valence-electron chi connectivity index (χ1n) is 3.80. The van der Waals surface area contributed by atoms with Crippen LogP contribution in [0.25, 0.3) is 5.78 Å². The molecule has 2 rings (SSSR count). The molecule has 62 valence electrons. The molecule has 5 nitrogen and oxygen atoms in total. The van der Waals surface area contributed by atoms with E-state index in [2.05, 4.69) is 20.4 Å². The van der Waals surface area contributed by atoms with E-state index in [0.717, 1.165) is 12.4 Å². The van der Waals surface area contributed by atoms with Crippen LogP contribution in [0.4, 0.5) is 5.82 Å². The van der Waals surface area contributed by atoms with Crippen molar-refractivity contribution in [3.8, 4) is 0 Å². The third kappa shape index (κ3) is 0.990. The van der Waals surface area contributed by atoms with Gasteiger partial charge >= 0.3 is 0 Å². The lowest BCUT2D eigenvalue weighted by atomic mass is 10.5. The number of hydrogen-bond acceptors (Lipinski definition) is 4. The van der Waals surface area contributed by atoms with Gasteiger partial charge in [0.1, 0.15) is 12.1 Å². The molecule has 0 saturated heterocycles. The van der Waals surface area contributed by atoms with Crippen molar-refractivity contribution >= 4 is 11.6 Å². The fraction of sp³-hybridized carbons (Fsp3) is 0.286. The maximum atomic E-state index is 4.03. The molecule has 0 radical (unpaired) electrons. The van der Waals surface area contributed by atoms with Crippen molar-refractivity contribution in [3.05, 3.63) is 18.6 Å². The molecule has 0 aliphatic carbocycles. The summed E-state index contributed by atoms with van der Waals surface area (Å²) in [6.07, 6.45) is 3.20. The van der Waals surface area contributed by atoms with E-state index >= 15 is 0 Å². The zero-order valence-corrected chi connectivity index (χ0v) is 6.73. The smallest absolute Gasteiger partial charge is 0.254 e. The maximum absolute atomic E-state index is 4.03. The van der Waals surface area contributed by atoms with Crippen LogP contribution in [-0.4, -0.2) is 26.1 Å². The summed E-state index contributed by atoms with van der Waals surface area (Å²) in [5.41, 5.74) is 0. The molecule has 0 amide bonds. The summed E-state index contributed by atoms with van der Waals surface area (Å²) in [6, 6.07) is 1.87. The van der Waals surface area contributed by atoms with E-state index < -0.39 is 0 Å². The molecule has 0 aliphatic heterocycles. The molecule has 1 N–H and O–H groups in total. The molecule has 0 aliphatic rings. The molecule has 2 aromatic rings. The molecule has 0 aromatic carbocycles. The number of nitrogens with zero attached hydrogens (tertiary/aromatic N) is 4. The molecular formula is C7H9N5. The van der Waals surface area contributed by atoms with E-state index in [0.29, 0.717) is 5.78 Å². The fourth-order valence-corrected chi connectivity index (χ4v) is 1.05. The summed E-state index contributed by atoms with van der Waals surface area (Å²) in [7, 11) is 0. The molecule has 0 saturated carbocycles. The molecular weight excluding hydrogens is 154 g/mol. The molecule has 0 spiro atoms. The van der Waals surface area contributed by atoms with Crippen LogP contribution in [0.15, 0.2) is 18.6 Å². The van der Waals surface area contributed by atoms with Crippen LogP contribution < -0.4 is 5.32 Å². The molecule has 5 heteroatoms. The molecule has 2 heterocycles. The third-order valence-electron chi connectivity index (χ3n) is 1.54. The van der Waals surface area contributed by atoms with Gasteiger partial charge in [-0.25, -0.2) is 4.98 Å². The van der Waals surface area contributed by atoms with E-state index in [1.807, 2.05) is 13.0 Å². The monoisotopic (exact) mass is 163 g/mol. The molecule has 0 atom stereocenters. The van der Waals surface area contributed by atoms with Crippen molar-refractivity contribution < 1.29 is 0 Å². The van der Waals surface area contributed by atoms with E-state index in [-0.39, 0.29) is 0 Å². The topological polar surface area (TPSA) is 55.1 Å². The van der Waals surface area contributed by atoms with Gasteiger partial charge in [-0.2, -0.15) is 14.6 Å². The van der Waals surface area contributed by atoms with Gasteiger partial charge in [-0.1, -0.05) is 0 Å². The van der Waals surface area contributed by atoms with Crippen LogP contribution in [0, 0.1) is 0 Å². The molecule has 0 fully saturated rings. The van der Waals surface area contributed by atoms with E-state index in [1.165, 1.54) is 6.33 Å². The van der Waals surface area contributed by atoms with Gasteiger partial charge in [0.15, 0.2) is 0 Å². The number of rotatable bonds is 2. The van der Waals surface area contributed by atoms with Crippen molar-refractivity contribution in [1.29, 1.82) is 0 Å². The minimum atomic E-state index is 0.619. The quantitative estimate of drug-likeness (QED) is 0.702. The van der Waals surface area contributed by atoms with Crippen LogP contribution in [0.2, 0.25) is 0 Å². The van der Waals surface area contributed by atoms with E-state index in [1.54, 1.807) is 10.7 Å². The molecule has 0 bridgehead atoms. The summed E-state index contributed by atoms with van der Waals surface area (Å²) in [6.45, 7) is 2.89. The first-order valence-corrected chi connectivity index (χ1v) is 3.80. The Hall–Kier alpha value is -1.65. The molecule has 0 unspecified atom stereocenters. The van der Waals surface area contributed by atoms with Gasteiger partial charge in [0.2, 0.25) is 0 Å². The van der Waals surface area contributed by atoms with Crippen molar-refractivity contribution in [3.63, 3.8) is 0 Å². The van der Waals surface area contributed by atoms with Crippen molar-refractivity contribution in [2.75, 3.05) is 11.9 Å². The highest BCUT2D eigenvalue weighted by atomic mass is 15.3. The highest BCUT2D eigenvalue weighted by molar-refractivity contribution is 5.41. The average molecular weight is 163 g/mol. The van der Waals surface area contributed by atoms with Gasteiger partial charge in [0.05, 0.1) is 0 Å². The Morgan fingerprint density at radius 2 is 2.42 bits per heavy atom. The Balaban J connectivity index is 2.57. The SMILES string of the molecule is CCNc1ccnc2ncnn12. The fourth-order valence-electron chi connectivity index (χ4n) is 1.05. The summed E-state index contributed by atoms with van der Waals surface area (Å²) >= 11 is 0. The van der Waals surface area contributed by atoms with Crippen LogP contribution in [0.5, 0.6) is 0 Å². The predicted octanol–water partition coefficient (Wildman–Crippen LogP) is 0.556. The number of fused-ring (bicyclic) bond motifs is 1. The Morgan fingerprint density at radius 1 is 1.50 bits per heavy atom. The lowest BCUT2D eigenvalue weighted by Crippen LogP contribution is -2.04. The van der Waals surface area contributed by atoms with Crippen molar-refractivity contribution in [2.45, 2.75) is 6.92 Å². The minimum Gasteiger partial charge on any atom is -0.370 e. The van der Waals surface area contributed by atoms with Crippen LogP contribution in [-0.2, 0) is 0 Å². The highest BCUT2D eigenvalue weighted by Gasteiger charge is 1.99. The van der Waals surface area contributed by atoms with Gasteiger partial charge in [-0.15, -0.1) is 0 Å². The second-order valence-corrected chi connectivity index (χ2v) is 2.33. The van der Waals surface area contributed by atoms with Crippen molar-refractivity contribution in [1.82, 2.24) is 19.6 Å². The number of nitrogens with one attached hydrogen (secondary N) is 1. The second-order valence-electron chi connectivity index (χ2n) is 2.33. The van der Waals surface area contributed by atoms with Crippen LogP contribution in [0.1, 0.15) is 6.92 Å². The minimum absolute atomic E-state index is 0.619. The van der Waals surface area contributed by atoms with Gasteiger partial charge in [0.25, 0.3) is 5.78 Å². The first kappa shape index (κ1) is 7.02. The van der Waals surface area contributed by atoms with Gasteiger partial charge in [0, 0.05) is 12.7 Å². The summed E-state index contributed by atoms with van der Waals surface area (Å²) in [4.78, 5) is 8.00. The van der Waals surface area contributed by atoms with Crippen molar-refractivity contribution in [2.24, 2.45) is 0 Å². The number of anilines is 1. The van der Waals surface area contributed by atoms with Gasteiger partial charge < -0.3 is 5.32 Å². The normalized spacial score (nSPS) is 10.4. The summed E-state index contributed by atoms with van der Waals surface area (Å²) in [5, 5.41) is 7.17. The second kappa shape index (κ2) is 2.77.